The lowest BCUT2D eigenvalue weighted by atomic mass is 9.82. The maximum atomic E-state index is 12.5. The molecule has 142 valence electrons. The minimum Gasteiger partial charge on any atom is -0.381 e. The van der Waals surface area contributed by atoms with E-state index in [0.29, 0.717) is 12.0 Å². The Labute approximate surface area is 148 Å². The molecule has 0 atom stereocenters. The van der Waals surface area contributed by atoms with Gasteiger partial charge in [0.05, 0.1) is 11.7 Å². The molecule has 1 aliphatic heterocycles. The van der Waals surface area contributed by atoms with Crippen LogP contribution in [-0.2, 0) is 15.7 Å². The molecule has 2 nitrogen and oxygen atoms in total. The molecule has 0 radical (unpaired) electrons. The molecule has 1 saturated carbocycles. The van der Waals surface area contributed by atoms with E-state index in [9.17, 15) is 13.2 Å². The van der Waals surface area contributed by atoms with E-state index in [2.05, 4.69) is 6.92 Å². The van der Waals surface area contributed by atoms with Crippen LogP contribution < -0.4 is 0 Å². The van der Waals surface area contributed by atoms with Gasteiger partial charge in [0.15, 0.2) is 0 Å². The van der Waals surface area contributed by atoms with Gasteiger partial charge in [0, 0.05) is 19.8 Å². The number of ether oxygens (including phenoxy) is 2. The highest BCUT2D eigenvalue weighted by Gasteiger charge is 2.30. The predicted molar refractivity (Wildman–Crippen MR) is 92.7 cm³/mol. The highest BCUT2D eigenvalue weighted by Crippen LogP contribution is 2.36. The third-order valence-corrected chi connectivity index (χ3v) is 4.77. The zero-order valence-corrected chi connectivity index (χ0v) is 15.0. The highest BCUT2D eigenvalue weighted by molar-refractivity contribution is 5.27. The Morgan fingerprint density at radius 1 is 1.00 bits per heavy atom. The van der Waals surface area contributed by atoms with E-state index in [1.54, 1.807) is 12.1 Å². The summed E-state index contributed by atoms with van der Waals surface area (Å²) < 4.78 is 48.2. The van der Waals surface area contributed by atoms with E-state index in [-0.39, 0.29) is 0 Å². The van der Waals surface area contributed by atoms with Crippen molar-refractivity contribution in [2.45, 2.75) is 70.1 Å². The number of halogens is 3. The van der Waals surface area contributed by atoms with Crippen molar-refractivity contribution in [3.63, 3.8) is 0 Å². The summed E-state index contributed by atoms with van der Waals surface area (Å²) in [6.07, 6.45) is 3.68. The van der Waals surface area contributed by atoms with Crippen LogP contribution in [-0.4, -0.2) is 25.9 Å². The van der Waals surface area contributed by atoms with Crippen LogP contribution in [0.25, 0.3) is 0 Å². The second-order valence-electron chi connectivity index (χ2n) is 6.78. The summed E-state index contributed by atoms with van der Waals surface area (Å²) in [6, 6.07) is 5.63. The first kappa shape index (κ1) is 20.2. The molecule has 5 heteroatoms. The zero-order chi connectivity index (χ0) is 18.1. The zero-order valence-electron chi connectivity index (χ0n) is 15.0. The van der Waals surface area contributed by atoms with Crippen molar-refractivity contribution in [1.29, 1.82) is 0 Å². The fourth-order valence-corrected chi connectivity index (χ4v) is 3.30. The van der Waals surface area contributed by atoms with Gasteiger partial charge in [-0.25, -0.2) is 0 Å². The van der Waals surface area contributed by atoms with E-state index in [1.807, 2.05) is 0 Å². The fourth-order valence-electron chi connectivity index (χ4n) is 3.30. The van der Waals surface area contributed by atoms with Crippen LogP contribution in [0.4, 0.5) is 13.2 Å². The van der Waals surface area contributed by atoms with Gasteiger partial charge in [0.2, 0.25) is 0 Å². The van der Waals surface area contributed by atoms with Crippen LogP contribution >= 0.6 is 0 Å². The van der Waals surface area contributed by atoms with Gasteiger partial charge >= 0.3 is 6.18 Å². The first-order valence-electron chi connectivity index (χ1n) is 9.37. The van der Waals surface area contributed by atoms with Crippen molar-refractivity contribution in [1.82, 2.24) is 0 Å². The monoisotopic (exact) mass is 358 g/mol. The standard InChI is InChI=1S/C16H21F3O.C4H8O/c1-2-11-20-15-9-5-13(6-10-15)12-3-7-14(8-4-12)16(17,18)19;1-2-4-5-3-1/h3-4,7-8,13,15H,2,5-6,9-11H2,1H3;1-4H2/t13-,15-;. The van der Waals surface area contributed by atoms with Gasteiger partial charge < -0.3 is 9.47 Å². The van der Waals surface area contributed by atoms with Crippen LogP contribution in [0.5, 0.6) is 0 Å². The van der Waals surface area contributed by atoms with Gasteiger partial charge in [0.25, 0.3) is 0 Å². The number of benzene rings is 1. The molecule has 1 heterocycles. The molecule has 0 N–H and O–H groups in total. The minimum atomic E-state index is -4.25. The van der Waals surface area contributed by atoms with Gasteiger partial charge in [-0.1, -0.05) is 19.1 Å². The minimum absolute atomic E-state index is 0.334. The summed E-state index contributed by atoms with van der Waals surface area (Å²) in [5.41, 5.74) is 0.452. The molecule has 0 aromatic heterocycles. The second kappa shape index (κ2) is 10.2. The number of alkyl halides is 3. The van der Waals surface area contributed by atoms with Crippen molar-refractivity contribution < 1.29 is 22.6 Å². The van der Waals surface area contributed by atoms with Crippen molar-refractivity contribution in [2.24, 2.45) is 0 Å². The average Bonchev–Trinajstić information content (AvgIpc) is 3.20. The third-order valence-electron chi connectivity index (χ3n) is 4.77. The van der Waals surface area contributed by atoms with Crippen LogP contribution in [0, 0.1) is 0 Å². The Morgan fingerprint density at radius 2 is 1.60 bits per heavy atom. The summed E-state index contributed by atoms with van der Waals surface area (Å²) in [5.74, 6) is 0.374. The van der Waals surface area contributed by atoms with Crippen LogP contribution in [0.2, 0.25) is 0 Å². The quantitative estimate of drug-likeness (QED) is 0.662. The lowest BCUT2D eigenvalue weighted by molar-refractivity contribution is -0.137. The third kappa shape index (κ3) is 6.98. The molecular weight excluding hydrogens is 329 g/mol. The average molecular weight is 358 g/mol. The van der Waals surface area contributed by atoms with Gasteiger partial charge in [-0.2, -0.15) is 13.2 Å². The molecule has 0 spiro atoms. The van der Waals surface area contributed by atoms with Crippen molar-refractivity contribution in [3.8, 4) is 0 Å². The molecule has 0 amide bonds. The van der Waals surface area contributed by atoms with E-state index < -0.39 is 11.7 Å². The van der Waals surface area contributed by atoms with Gasteiger partial charge in [-0.3, -0.25) is 0 Å². The summed E-state index contributed by atoms with van der Waals surface area (Å²) in [7, 11) is 0. The molecule has 0 unspecified atom stereocenters. The van der Waals surface area contributed by atoms with E-state index in [0.717, 1.165) is 57.5 Å². The molecule has 1 aromatic carbocycles. The number of hydrogen-bond acceptors (Lipinski definition) is 2. The molecule has 3 rings (SSSR count). The smallest absolute Gasteiger partial charge is 0.381 e. The predicted octanol–water partition coefficient (Wildman–Crippen LogP) is 5.96. The summed E-state index contributed by atoms with van der Waals surface area (Å²) in [4.78, 5) is 0. The van der Waals surface area contributed by atoms with Crippen LogP contribution in [0.1, 0.15) is 68.9 Å². The van der Waals surface area contributed by atoms with E-state index >= 15 is 0 Å². The molecule has 2 fully saturated rings. The lowest BCUT2D eigenvalue weighted by Gasteiger charge is -2.29. The Balaban J connectivity index is 0.000000386. The van der Waals surface area contributed by atoms with Crippen molar-refractivity contribution in [3.05, 3.63) is 35.4 Å². The molecule has 1 saturated heterocycles. The van der Waals surface area contributed by atoms with Gasteiger partial charge in [-0.05, 0) is 68.6 Å². The van der Waals surface area contributed by atoms with E-state index in [1.165, 1.54) is 25.0 Å². The summed E-state index contributed by atoms with van der Waals surface area (Å²) in [5, 5.41) is 0. The van der Waals surface area contributed by atoms with Crippen LogP contribution in [0.15, 0.2) is 24.3 Å². The Morgan fingerprint density at radius 3 is 2.04 bits per heavy atom. The SMILES string of the molecule is C1CCOC1.CCCO[C@H]1CC[C@H](c2ccc(C(F)(F)F)cc2)CC1. The second-order valence-corrected chi connectivity index (χ2v) is 6.78. The molecule has 0 bridgehead atoms. The molecule has 1 aromatic rings. The van der Waals surface area contributed by atoms with Crippen LogP contribution in [0.3, 0.4) is 0 Å². The first-order chi connectivity index (χ1) is 12.0. The fraction of sp³-hybridized carbons (Fsp3) is 0.700. The topological polar surface area (TPSA) is 18.5 Å². The Kier molecular flexibility index (Phi) is 8.24. The molecule has 2 aliphatic rings. The molecule has 25 heavy (non-hydrogen) atoms. The van der Waals surface area contributed by atoms with Crippen molar-refractivity contribution in [2.75, 3.05) is 19.8 Å². The summed E-state index contributed by atoms with van der Waals surface area (Å²) in [6.45, 7) is 4.89. The largest absolute Gasteiger partial charge is 0.416 e. The Bertz CT molecular complexity index is 465. The highest BCUT2D eigenvalue weighted by atomic mass is 19.4. The normalized spacial score (nSPS) is 23.8. The molecule has 1 aliphatic carbocycles. The number of rotatable bonds is 4. The maximum Gasteiger partial charge on any atom is 0.416 e. The van der Waals surface area contributed by atoms with Gasteiger partial charge in [-0.15, -0.1) is 0 Å². The first-order valence-corrected chi connectivity index (χ1v) is 9.37. The van der Waals surface area contributed by atoms with Gasteiger partial charge in [0.1, 0.15) is 0 Å². The van der Waals surface area contributed by atoms with Crippen molar-refractivity contribution >= 4 is 0 Å². The number of hydrogen-bond donors (Lipinski definition) is 0. The van der Waals surface area contributed by atoms with E-state index in [4.69, 9.17) is 9.47 Å². The Hall–Kier alpha value is -1.07. The lowest BCUT2D eigenvalue weighted by Crippen LogP contribution is -2.21. The molecular formula is C20H29F3O2. The maximum absolute atomic E-state index is 12.5. The summed E-state index contributed by atoms with van der Waals surface area (Å²) >= 11 is 0.